The minimum absolute atomic E-state index is 0. The van der Waals surface area contributed by atoms with Crippen molar-refractivity contribution in [1.82, 2.24) is 5.32 Å². The molecular weight excluding hydrogens is 313 g/mol. The summed E-state index contributed by atoms with van der Waals surface area (Å²) < 4.78 is 5.26. The maximum Gasteiger partial charge on any atom is 0.255 e. The van der Waals surface area contributed by atoms with E-state index in [1.807, 2.05) is 48.5 Å². The van der Waals surface area contributed by atoms with Gasteiger partial charge in [-0.1, -0.05) is 42.5 Å². The molecule has 0 fully saturated rings. The molecule has 0 aliphatic carbocycles. The first kappa shape index (κ1) is 18.3. The molecular formula is C19H17NNaO3. The van der Waals surface area contributed by atoms with E-state index in [2.05, 4.69) is 5.32 Å². The fourth-order valence-electron chi connectivity index (χ4n) is 2.53. The summed E-state index contributed by atoms with van der Waals surface area (Å²) in [5.41, 5.74) is 1.14. The van der Waals surface area contributed by atoms with Gasteiger partial charge in [-0.3, -0.25) is 4.79 Å². The standard InChI is InChI=1S/C19H17NO3.Na/c1-23-18-9-5-4-8-15(18)12-20-19(22)16-10-13-6-2-3-7-14(13)11-17(16)21;/h2-11,21H,12H2,1H3,(H,20,22);. The van der Waals surface area contributed by atoms with Crippen LogP contribution in [0.4, 0.5) is 0 Å². The van der Waals surface area contributed by atoms with Crippen molar-refractivity contribution in [2.45, 2.75) is 6.54 Å². The van der Waals surface area contributed by atoms with Crippen LogP contribution >= 0.6 is 0 Å². The molecule has 0 atom stereocenters. The second-order valence-corrected chi connectivity index (χ2v) is 5.21. The predicted octanol–water partition coefficient (Wildman–Crippen LogP) is 3.10. The quantitative estimate of drug-likeness (QED) is 0.723. The van der Waals surface area contributed by atoms with Crippen molar-refractivity contribution in [1.29, 1.82) is 0 Å². The zero-order chi connectivity index (χ0) is 16.2. The van der Waals surface area contributed by atoms with Gasteiger partial charge >= 0.3 is 0 Å². The Labute approximate surface area is 162 Å². The van der Waals surface area contributed by atoms with Gasteiger partial charge in [0.1, 0.15) is 11.5 Å². The number of benzene rings is 3. The number of ether oxygens (including phenoxy) is 1. The third-order valence-corrected chi connectivity index (χ3v) is 3.74. The summed E-state index contributed by atoms with van der Waals surface area (Å²) in [6.07, 6.45) is 0. The fraction of sp³-hybridized carbons (Fsp3) is 0.105. The van der Waals surface area contributed by atoms with Crippen LogP contribution in [0.5, 0.6) is 11.5 Å². The molecule has 0 unspecified atom stereocenters. The van der Waals surface area contributed by atoms with Crippen LogP contribution in [0.3, 0.4) is 0 Å². The number of phenolic OH excluding ortho intramolecular Hbond substituents is 1. The van der Waals surface area contributed by atoms with Gasteiger partial charge in [0.05, 0.1) is 12.7 Å². The van der Waals surface area contributed by atoms with Gasteiger partial charge in [0.15, 0.2) is 0 Å². The number of rotatable bonds is 4. The molecule has 1 amide bonds. The van der Waals surface area contributed by atoms with E-state index >= 15 is 0 Å². The summed E-state index contributed by atoms with van der Waals surface area (Å²) >= 11 is 0. The minimum Gasteiger partial charge on any atom is -0.507 e. The van der Waals surface area contributed by atoms with Crippen molar-refractivity contribution in [3.05, 3.63) is 71.8 Å². The molecule has 0 saturated heterocycles. The number of para-hydroxylation sites is 1. The van der Waals surface area contributed by atoms with E-state index in [4.69, 9.17) is 4.74 Å². The van der Waals surface area contributed by atoms with E-state index in [1.54, 1.807) is 19.2 Å². The van der Waals surface area contributed by atoms with Gasteiger partial charge in [-0.2, -0.15) is 0 Å². The second kappa shape index (κ2) is 8.20. The molecule has 0 aliphatic rings. The van der Waals surface area contributed by atoms with Crippen LogP contribution < -0.4 is 10.1 Å². The number of aromatic hydroxyl groups is 1. The van der Waals surface area contributed by atoms with E-state index in [9.17, 15) is 9.90 Å². The van der Waals surface area contributed by atoms with E-state index in [1.165, 1.54) is 0 Å². The molecule has 3 aromatic rings. The first-order valence-corrected chi connectivity index (χ1v) is 7.31. The Morgan fingerprint density at radius 3 is 2.38 bits per heavy atom. The Kier molecular flexibility index (Phi) is 6.26. The Hall–Kier alpha value is -2.01. The number of amides is 1. The van der Waals surface area contributed by atoms with Gasteiger partial charge in [-0.25, -0.2) is 0 Å². The summed E-state index contributed by atoms with van der Waals surface area (Å²) in [4.78, 5) is 12.4. The van der Waals surface area contributed by atoms with Crippen LogP contribution in [0.2, 0.25) is 0 Å². The molecule has 3 aromatic carbocycles. The Bertz CT molecular complexity index is 864. The molecule has 3 rings (SSSR count). The summed E-state index contributed by atoms with van der Waals surface area (Å²) in [5, 5.41) is 14.7. The largest absolute Gasteiger partial charge is 0.507 e. The van der Waals surface area contributed by atoms with Crippen LogP contribution in [0, 0.1) is 0 Å². The zero-order valence-corrected chi connectivity index (χ0v) is 15.7. The molecule has 0 bridgehead atoms. The van der Waals surface area contributed by atoms with E-state index < -0.39 is 0 Å². The van der Waals surface area contributed by atoms with Crippen molar-refractivity contribution in [3.63, 3.8) is 0 Å². The monoisotopic (exact) mass is 330 g/mol. The number of hydrogen-bond donors (Lipinski definition) is 2. The number of carbonyl (C=O) groups excluding carboxylic acids is 1. The Balaban J connectivity index is 0.00000208. The SMILES string of the molecule is COc1ccccc1CNC(=O)c1cc2ccccc2cc1O.[Na]. The minimum atomic E-state index is -0.320. The third-order valence-electron chi connectivity index (χ3n) is 3.74. The summed E-state index contributed by atoms with van der Waals surface area (Å²) in [6, 6.07) is 18.4. The molecule has 1 radical (unpaired) electrons. The second-order valence-electron chi connectivity index (χ2n) is 5.21. The van der Waals surface area contributed by atoms with E-state index in [0.717, 1.165) is 22.1 Å². The van der Waals surface area contributed by atoms with Gasteiger partial charge in [-0.05, 0) is 29.0 Å². The van der Waals surface area contributed by atoms with Gasteiger partial charge in [0, 0.05) is 41.7 Å². The van der Waals surface area contributed by atoms with Crippen molar-refractivity contribution in [2.75, 3.05) is 7.11 Å². The molecule has 2 N–H and O–H groups in total. The molecule has 24 heavy (non-hydrogen) atoms. The van der Waals surface area contributed by atoms with Crippen LogP contribution in [-0.2, 0) is 6.54 Å². The number of carbonyl (C=O) groups is 1. The van der Waals surface area contributed by atoms with E-state index in [0.29, 0.717) is 6.54 Å². The summed E-state index contributed by atoms with van der Waals surface area (Å²) in [6.45, 7) is 0.328. The molecule has 117 valence electrons. The smallest absolute Gasteiger partial charge is 0.255 e. The zero-order valence-electron chi connectivity index (χ0n) is 13.7. The number of hydrogen-bond acceptors (Lipinski definition) is 3. The van der Waals surface area contributed by atoms with Crippen molar-refractivity contribution in [3.8, 4) is 11.5 Å². The fourth-order valence-corrected chi connectivity index (χ4v) is 2.53. The van der Waals surface area contributed by atoms with Gasteiger partial charge < -0.3 is 15.2 Å². The number of methoxy groups -OCH3 is 1. The van der Waals surface area contributed by atoms with Crippen molar-refractivity contribution >= 4 is 46.2 Å². The average molecular weight is 330 g/mol. The topological polar surface area (TPSA) is 58.6 Å². The van der Waals surface area contributed by atoms with Crippen molar-refractivity contribution < 1.29 is 14.6 Å². The van der Waals surface area contributed by atoms with Crippen LogP contribution in [0.15, 0.2) is 60.7 Å². The Morgan fingerprint density at radius 1 is 1.04 bits per heavy atom. The number of fused-ring (bicyclic) bond motifs is 1. The summed E-state index contributed by atoms with van der Waals surface area (Å²) in [5.74, 6) is 0.371. The molecule has 0 aliphatic heterocycles. The number of phenols is 1. The normalized spacial score (nSPS) is 10.0. The molecule has 0 saturated carbocycles. The molecule has 5 heteroatoms. The molecule has 0 heterocycles. The van der Waals surface area contributed by atoms with Crippen LogP contribution in [0.1, 0.15) is 15.9 Å². The maximum absolute atomic E-state index is 12.4. The molecule has 4 nitrogen and oxygen atoms in total. The van der Waals surface area contributed by atoms with Gasteiger partial charge in [-0.15, -0.1) is 0 Å². The first-order chi connectivity index (χ1) is 11.2. The molecule has 0 spiro atoms. The maximum atomic E-state index is 12.4. The van der Waals surface area contributed by atoms with Crippen LogP contribution in [0.25, 0.3) is 10.8 Å². The van der Waals surface area contributed by atoms with Gasteiger partial charge in [0.25, 0.3) is 5.91 Å². The van der Waals surface area contributed by atoms with Crippen molar-refractivity contribution in [2.24, 2.45) is 0 Å². The van der Waals surface area contributed by atoms with E-state index in [-0.39, 0.29) is 46.8 Å². The molecule has 0 aromatic heterocycles. The average Bonchev–Trinajstić information content (AvgIpc) is 2.59. The first-order valence-electron chi connectivity index (χ1n) is 7.31. The van der Waals surface area contributed by atoms with Crippen LogP contribution in [-0.4, -0.2) is 47.7 Å². The summed E-state index contributed by atoms with van der Waals surface area (Å²) in [7, 11) is 1.59. The number of nitrogens with one attached hydrogen (secondary N) is 1. The predicted molar refractivity (Wildman–Crippen MR) is 95.5 cm³/mol. The van der Waals surface area contributed by atoms with Gasteiger partial charge in [0.2, 0.25) is 0 Å². The third kappa shape index (κ3) is 3.90. The Morgan fingerprint density at radius 2 is 1.67 bits per heavy atom.